The van der Waals surface area contributed by atoms with E-state index < -0.39 is 10.0 Å². The zero-order valence-electron chi connectivity index (χ0n) is 14.5. The van der Waals surface area contributed by atoms with Crippen LogP contribution < -0.4 is 10.0 Å². The van der Waals surface area contributed by atoms with Crippen molar-refractivity contribution < 1.29 is 13.2 Å². The lowest BCUT2D eigenvalue weighted by atomic mass is 9.88. The summed E-state index contributed by atoms with van der Waals surface area (Å²) >= 11 is 0.962. The van der Waals surface area contributed by atoms with E-state index in [9.17, 15) is 13.2 Å². The van der Waals surface area contributed by atoms with Gasteiger partial charge >= 0.3 is 0 Å². The summed E-state index contributed by atoms with van der Waals surface area (Å²) in [4.78, 5) is 12.6. The Hall–Kier alpha value is -2.78. The first kappa shape index (κ1) is 19.0. The number of sulfonamides is 1. The molecule has 0 atom stereocenters. The highest BCUT2D eigenvalue weighted by molar-refractivity contribution is 7.92. The fraction of sp³-hybridized carbons (Fsp3) is 0.167. The Morgan fingerprint density at radius 2 is 1.48 bits per heavy atom. The van der Waals surface area contributed by atoms with Crippen LogP contribution >= 0.6 is 11.3 Å². The van der Waals surface area contributed by atoms with Crippen LogP contribution in [0.3, 0.4) is 0 Å². The minimum atomic E-state index is -3.44. The van der Waals surface area contributed by atoms with Crippen molar-refractivity contribution in [1.82, 2.24) is 10.2 Å². The molecule has 0 spiro atoms. The van der Waals surface area contributed by atoms with Gasteiger partial charge in [-0.1, -0.05) is 72.0 Å². The summed E-state index contributed by atoms with van der Waals surface area (Å²) in [6.07, 6.45) is 1.25. The van der Waals surface area contributed by atoms with Gasteiger partial charge in [0.15, 0.2) is 0 Å². The van der Waals surface area contributed by atoms with Crippen LogP contribution in [-0.4, -0.2) is 30.8 Å². The van der Waals surface area contributed by atoms with Crippen molar-refractivity contribution in [2.24, 2.45) is 0 Å². The molecule has 1 amide bonds. The molecule has 27 heavy (non-hydrogen) atoms. The van der Waals surface area contributed by atoms with Gasteiger partial charge in [0, 0.05) is 12.3 Å². The number of benzene rings is 2. The summed E-state index contributed by atoms with van der Waals surface area (Å²) < 4.78 is 24.7. The summed E-state index contributed by atoms with van der Waals surface area (Å²) in [6, 6.07) is 19.6. The minimum absolute atomic E-state index is 0.103. The smallest absolute Gasteiger partial charge is 0.231 e. The molecule has 140 valence electrons. The topological polar surface area (TPSA) is 101 Å². The van der Waals surface area contributed by atoms with E-state index in [2.05, 4.69) is 20.2 Å². The van der Waals surface area contributed by atoms with E-state index in [0.717, 1.165) is 28.7 Å². The monoisotopic (exact) mass is 402 g/mol. The molecule has 1 heterocycles. The number of carbonyl (C=O) groups is 1. The lowest BCUT2D eigenvalue weighted by molar-refractivity contribution is -0.116. The zero-order chi connectivity index (χ0) is 19.3. The third-order valence-corrected chi connectivity index (χ3v) is 5.18. The Morgan fingerprint density at radius 3 is 2.00 bits per heavy atom. The maximum absolute atomic E-state index is 12.6. The van der Waals surface area contributed by atoms with Gasteiger partial charge in [-0.25, -0.2) is 8.42 Å². The normalized spacial score (nSPS) is 11.3. The van der Waals surface area contributed by atoms with E-state index in [-0.39, 0.29) is 28.5 Å². The second-order valence-electron chi connectivity index (χ2n) is 5.91. The highest BCUT2D eigenvalue weighted by atomic mass is 32.2. The Morgan fingerprint density at radius 1 is 0.963 bits per heavy atom. The summed E-state index contributed by atoms with van der Waals surface area (Å²) in [5, 5.41) is 10.6. The summed E-state index contributed by atoms with van der Waals surface area (Å²) in [6.45, 7) is 0. The number of hydrogen-bond acceptors (Lipinski definition) is 6. The highest BCUT2D eigenvalue weighted by Crippen LogP contribution is 2.29. The predicted octanol–water partition coefficient (Wildman–Crippen LogP) is 3.07. The SMILES string of the molecule is CS(=O)(=O)Nc1nnc(NC(=O)CC(c2ccccc2)c2ccccc2)s1. The van der Waals surface area contributed by atoms with Crippen LogP contribution in [0, 0.1) is 0 Å². The quantitative estimate of drug-likeness (QED) is 0.632. The molecule has 0 fully saturated rings. The zero-order valence-corrected chi connectivity index (χ0v) is 16.1. The predicted molar refractivity (Wildman–Crippen MR) is 106 cm³/mol. The molecule has 0 bridgehead atoms. The number of carbonyl (C=O) groups excluding carboxylic acids is 1. The molecule has 3 rings (SSSR count). The second-order valence-corrected chi connectivity index (χ2v) is 8.64. The maximum Gasteiger partial charge on any atom is 0.231 e. The van der Waals surface area contributed by atoms with Gasteiger partial charge < -0.3 is 5.32 Å². The molecule has 7 nitrogen and oxygen atoms in total. The molecule has 0 saturated carbocycles. The van der Waals surface area contributed by atoms with E-state index in [0.29, 0.717) is 0 Å². The van der Waals surface area contributed by atoms with E-state index in [1.807, 2.05) is 60.7 Å². The average Bonchev–Trinajstić information content (AvgIpc) is 3.06. The van der Waals surface area contributed by atoms with Crippen LogP contribution in [0.5, 0.6) is 0 Å². The second kappa shape index (κ2) is 8.28. The molecule has 0 aliphatic heterocycles. The van der Waals surface area contributed by atoms with Crippen molar-refractivity contribution in [1.29, 1.82) is 0 Å². The van der Waals surface area contributed by atoms with Crippen LogP contribution in [0.2, 0.25) is 0 Å². The van der Waals surface area contributed by atoms with Gasteiger partial charge in [-0.05, 0) is 11.1 Å². The van der Waals surface area contributed by atoms with Crippen molar-refractivity contribution in [3.05, 3.63) is 71.8 Å². The molecule has 1 aromatic heterocycles. The molecular weight excluding hydrogens is 384 g/mol. The van der Waals surface area contributed by atoms with E-state index in [4.69, 9.17) is 0 Å². The van der Waals surface area contributed by atoms with Crippen molar-refractivity contribution in [3.8, 4) is 0 Å². The van der Waals surface area contributed by atoms with Crippen molar-refractivity contribution in [2.75, 3.05) is 16.3 Å². The van der Waals surface area contributed by atoms with Crippen molar-refractivity contribution >= 4 is 37.5 Å². The number of amides is 1. The average molecular weight is 403 g/mol. The number of nitrogens with zero attached hydrogens (tertiary/aromatic N) is 2. The molecule has 0 saturated heterocycles. The van der Waals surface area contributed by atoms with Gasteiger partial charge in [0.25, 0.3) is 0 Å². The highest BCUT2D eigenvalue weighted by Gasteiger charge is 2.19. The molecule has 0 aliphatic rings. The Balaban J connectivity index is 1.74. The molecule has 0 aliphatic carbocycles. The molecule has 9 heteroatoms. The third-order valence-electron chi connectivity index (χ3n) is 3.74. The van der Waals surface area contributed by atoms with E-state index >= 15 is 0 Å². The lowest BCUT2D eigenvalue weighted by Crippen LogP contribution is -2.16. The van der Waals surface area contributed by atoms with Gasteiger partial charge in [-0.2, -0.15) is 0 Å². The molecule has 2 aromatic carbocycles. The Kier molecular flexibility index (Phi) is 5.82. The Labute approximate surface area is 161 Å². The number of aromatic nitrogens is 2. The fourth-order valence-corrected chi connectivity index (χ4v) is 4.12. The number of anilines is 2. The van der Waals surface area contributed by atoms with Gasteiger partial charge in [0.1, 0.15) is 0 Å². The van der Waals surface area contributed by atoms with Crippen molar-refractivity contribution in [2.45, 2.75) is 12.3 Å². The first-order valence-corrected chi connectivity index (χ1v) is 10.8. The van der Waals surface area contributed by atoms with Gasteiger partial charge in [-0.15, -0.1) is 10.2 Å². The van der Waals surface area contributed by atoms with E-state index in [1.54, 1.807) is 0 Å². The van der Waals surface area contributed by atoms with Gasteiger partial charge in [-0.3, -0.25) is 9.52 Å². The number of nitrogens with one attached hydrogen (secondary N) is 2. The largest absolute Gasteiger partial charge is 0.300 e. The summed E-state index contributed by atoms with van der Waals surface area (Å²) in [5.41, 5.74) is 2.08. The fourth-order valence-electron chi connectivity index (χ4n) is 2.63. The molecule has 0 radical (unpaired) electrons. The molecular formula is C18H18N4O3S2. The van der Waals surface area contributed by atoms with Crippen LogP contribution in [0.15, 0.2) is 60.7 Å². The number of hydrogen-bond donors (Lipinski definition) is 2. The molecule has 0 unspecified atom stereocenters. The molecule has 2 N–H and O–H groups in total. The maximum atomic E-state index is 12.6. The molecule has 3 aromatic rings. The standard InChI is InChI=1S/C18H18N4O3S2/c1-27(24,25)22-18-21-20-17(26-18)19-16(23)12-15(13-8-4-2-5-9-13)14-10-6-3-7-11-14/h2-11,15H,12H2,1H3,(H,21,22)(H,19,20,23). The first-order valence-electron chi connectivity index (χ1n) is 8.12. The van der Waals surface area contributed by atoms with Crippen LogP contribution in [-0.2, 0) is 14.8 Å². The third kappa shape index (κ3) is 5.60. The lowest BCUT2D eigenvalue weighted by Gasteiger charge is -2.17. The van der Waals surface area contributed by atoms with Crippen LogP contribution in [0.25, 0.3) is 0 Å². The van der Waals surface area contributed by atoms with E-state index in [1.165, 1.54) is 0 Å². The Bertz CT molecular complexity index is 966. The van der Waals surface area contributed by atoms with Crippen LogP contribution in [0.1, 0.15) is 23.5 Å². The summed E-state index contributed by atoms with van der Waals surface area (Å²) in [7, 11) is -3.44. The van der Waals surface area contributed by atoms with Crippen molar-refractivity contribution in [3.63, 3.8) is 0 Å². The first-order chi connectivity index (χ1) is 12.9. The number of rotatable bonds is 7. The minimum Gasteiger partial charge on any atom is -0.300 e. The summed E-state index contributed by atoms with van der Waals surface area (Å²) in [5.74, 6) is -0.330. The van der Waals surface area contributed by atoms with Crippen LogP contribution in [0.4, 0.5) is 10.3 Å². The van der Waals surface area contributed by atoms with Gasteiger partial charge in [0.2, 0.25) is 26.2 Å². The van der Waals surface area contributed by atoms with Gasteiger partial charge in [0.05, 0.1) is 6.26 Å².